The van der Waals surface area contributed by atoms with Gasteiger partial charge in [-0.2, -0.15) is 0 Å². The fourth-order valence-corrected chi connectivity index (χ4v) is 2.31. The minimum Gasteiger partial charge on any atom is -0.406 e. The predicted octanol–water partition coefficient (Wildman–Crippen LogP) is 5.28. The van der Waals surface area contributed by atoms with Crippen molar-refractivity contribution in [2.45, 2.75) is 6.36 Å². The van der Waals surface area contributed by atoms with Crippen LogP contribution in [0.1, 0.15) is 10.4 Å². The molecule has 0 radical (unpaired) electrons. The van der Waals surface area contributed by atoms with E-state index < -0.39 is 11.6 Å². The third kappa shape index (κ3) is 3.89. The van der Waals surface area contributed by atoms with Crippen LogP contribution < -0.4 is 4.74 Å². The molecule has 0 saturated carbocycles. The van der Waals surface area contributed by atoms with Crippen molar-refractivity contribution in [1.82, 2.24) is 0 Å². The van der Waals surface area contributed by atoms with Crippen LogP contribution in [0.3, 0.4) is 0 Å². The molecule has 0 fully saturated rings. The number of carbonyl (C=O) groups is 1. The summed E-state index contributed by atoms with van der Waals surface area (Å²) >= 11 is 11.4. The maximum Gasteiger partial charge on any atom is 0.573 e. The molecule has 2 aromatic carbocycles. The van der Waals surface area contributed by atoms with Crippen molar-refractivity contribution in [2.75, 3.05) is 0 Å². The van der Waals surface area contributed by atoms with Crippen molar-refractivity contribution in [1.29, 1.82) is 0 Å². The molecule has 0 unspecified atom stereocenters. The molecule has 0 spiro atoms. The standard InChI is InChI=1S/C14H7Cl2F3O2/c15-11-3-1-2-10(12(11)13(16)20)8-4-6-9(7-5-8)21-14(17,18)19/h1-7H. The number of hydrogen-bond donors (Lipinski definition) is 0. The monoisotopic (exact) mass is 334 g/mol. The minimum atomic E-state index is -4.76. The van der Waals surface area contributed by atoms with Gasteiger partial charge in [0.15, 0.2) is 0 Å². The summed E-state index contributed by atoms with van der Waals surface area (Å²) in [5.74, 6) is -0.355. The summed E-state index contributed by atoms with van der Waals surface area (Å²) in [5.41, 5.74) is 1.03. The van der Waals surface area contributed by atoms with E-state index in [0.29, 0.717) is 11.1 Å². The zero-order valence-electron chi connectivity index (χ0n) is 10.2. The lowest BCUT2D eigenvalue weighted by atomic mass is 10.0. The fraction of sp³-hybridized carbons (Fsp3) is 0.0714. The molecule has 2 rings (SSSR count). The molecule has 0 N–H and O–H groups in total. The predicted molar refractivity (Wildman–Crippen MR) is 73.8 cm³/mol. The Morgan fingerprint density at radius 2 is 1.67 bits per heavy atom. The van der Waals surface area contributed by atoms with E-state index in [9.17, 15) is 18.0 Å². The van der Waals surface area contributed by atoms with E-state index in [1.54, 1.807) is 12.1 Å². The Bertz CT molecular complexity index is 667. The zero-order chi connectivity index (χ0) is 15.6. The van der Waals surface area contributed by atoms with Crippen LogP contribution >= 0.6 is 23.2 Å². The van der Waals surface area contributed by atoms with Gasteiger partial charge < -0.3 is 4.74 Å². The van der Waals surface area contributed by atoms with Crippen molar-refractivity contribution in [3.63, 3.8) is 0 Å². The minimum absolute atomic E-state index is 0.102. The van der Waals surface area contributed by atoms with E-state index >= 15 is 0 Å². The number of halogens is 5. The van der Waals surface area contributed by atoms with Gasteiger partial charge in [0, 0.05) is 0 Å². The number of ether oxygens (including phenoxy) is 1. The second kappa shape index (κ2) is 5.95. The number of rotatable bonds is 3. The molecule has 0 saturated heterocycles. The van der Waals surface area contributed by atoms with Crippen LogP contribution in [0, 0.1) is 0 Å². The Kier molecular flexibility index (Phi) is 4.44. The Morgan fingerprint density at radius 1 is 1.05 bits per heavy atom. The topological polar surface area (TPSA) is 26.3 Å². The maximum atomic E-state index is 12.1. The van der Waals surface area contributed by atoms with Gasteiger partial charge in [-0.1, -0.05) is 35.9 Å². The van der Waals surface area contributed by atoms with Crippen LogP contribution in [0.15, 0.2) is 42.5 Å². The van der Waals surface area contributed by atoms with Gasteiger partial charge >= 0.3 is 6.36 Å². The number of carbonyl (C=O) groups excluding carboxylic acids is 1. The largest absolute Gasteiger partial charge is 0.573 e. The number of alkyl halides is 3. The number of benzene rings is 2. The molecule has 0 aromatic heterocycles. The average Bonchev–Trinajstić information content (AvgIpc) is 2.37. The lowest BCUT2D eigenvalue weighted by molar-refractivity contribution is -0.274. The van der Waals surface area contributed by atoms with Crippen LogP contribution in [0.5, 0.6) is 5.75 Å². The Labute approximate surface area is 128 Å². The van der Waals surface area contributed by atoms with Crippen LogP contribution in [-0.2, 0) is 0 Å². The zero-order valence-corrected chi connectivity index (χ0v) is 11.8. The van der Waals surface area contributed by atoms with Gasteiger partial charge in [0.25, 0.3) is 5.24 Å². The summed E-state index contributed by atoms with van der Waals surface area (Å²) in [4.78, 5) is 11.4. The first kappa shape index (κ1) is 15.7. The molecule has 0 amide bonds. The Hall–Kier alpha value is -1.72. The molecule has 7 heteroatoms. The van der Waals surface area contributed by atoms with Gasteiger partial charge in [0.05, 0.1) is 10.6 Å². The molecule has 21 heavy (non-hydrogen) atoms. The highest BCUT2D eigenvalue weighted by Crippen LogP contribution is 2.32. The van der Waals surface area contributed by atoms with Crippen LogP contribution in [0.4, 0.5) is 13.2 Å². The lowest BCUT2D eigenvalue weighted by Gasteiger charge is -2.11. The summed E-state index contributed by atoms with van der Waals surface area (Å²) in [7, 11) is 0. The highest BCUT2D eigenvalue weighted by Gasteiger charge is 2.31. The van der Waals surface area contributed by atoms with E-state index in [0.717, 1.165) is 12.1 Å². The second-order valence-corrected chi connectivity index (χ2v) is 4.76. The van der Waals surface area contributed by atoms with Gasteiger partial charge in [-0.05, 0) is 40.9 Å². The van der Waals surface area contributed by atoms with Crippen molar-refractivity contribution < 1.29 is 22.7 Å². The van der Waals surface area contributed by atoms with Gasteiger partial charge in [-0.25, -0.2) is 0 Å². The number of hydrogen-bond acceptors (Lipinski definition) is 2. The Balaban J connectivity index is 2.40. The highest BCUT2D eigenvalue weighted by atomic mass is 35.5. The highest BCUT2D eigenvalue weighted by molar-refractivity contribution is 6.69. The molecule has 0 heterocycles. The van der Waals surface area contributed by atoms with Gasteiger partial charge in [-0.15, -0.1) is 13.2 Å². The van der Waals surface area contributed by atoms with Gasteiger partial charge in [-0.3, -0.25) is 4.79 Å². The molecule has 2 aromatic rings. The van der Waals surface area contributed by atoms with E-state index in [4.69, 9.17) is 23.2 Å². The van der Waals surface area contributed by atoms with E-state index in [-0.39, 0.29) is 16.3 Å². The van der Waals surface area contributed by atoms with E-state index in [2.05, 4.69) is 4.74 Å². The lowest BCUT2D eigenvalue weighted by Crippen LogP contribution is -2.16. The first-order valence-electron chi connectivity index (χ1n) is 5.62. The maximum absolute atomic E-state index is 12.1. The summed E-state index contributed by atoms with van der Waals surface area (Å²) in [6, 6.07) is 9.77. The molecule has 110 valence electrons. The molecule has 0 bridgehead atoms. The third-order valence-electron chi connectivity index (χ3n) is 2.61. The second-order valence-electron chi connectivity index (χ2n) is 4.01. The fourth-order valence-electron chi connectivity index (χ4n) is 1.80. The van der Waals surface area contributed by atoms with E-state index in [1.807, 2.05) is 0 Å². The van der Waals surface area contributed by atoms with Crippen LogP contribution in [0.25, 0.3) is 11.1 Å². The smallest absolute Gasteiger partial charge is 0.406 e. The Morgan fingerprint density at radius 3 is 2.19 bits per heavy atom. The molecule has 0 aliphatic rings. The van der Waals surface area contributed by atoms with Crippen molar-refractivity contribution in [3.05, 3.63) is 53.1 Å². The summed E-state index contributed by atoms with van der Waals surface area (Å²) in [6.07, 6.45) is -4.76. The SMILES string of the molecule is O=C(Cl)c1c(Cl)cccc1-c1ccc(OC(F)(F)F)cc1. The molecule has 0 aliphatic heterocycles. The quantitative estimate of drug-likeness (QED) is 0.713. The van der Waals surface area contributed by atoms with Gasteiger partial charge in [0.2, 0.25) is 0 Å². The molecular formula is C14H7Cl2F3O2. The van der Waals surface area contributed by atoms with Crippen molar-refractivity contribution >= 4 is 28.4 Å². The molecule has 0 atom stereocenters. The van der Waals surface area contributed by atoms with Crippen molar-refractivity contribution in [2.24, 2.45) is 0 Å². The first-order valence-corrected chi connectivity index (χ1v) is 6.38. The molecular weight excluding hydrogens is 328 g/mol. The summed E-state index contributed by atoms with van der Waals surface area (Å²) < 4.78 is 40.0. The molecule has 2 nitrogen and oxygen atoms in total. The van der Waals surface area contributed by atoms with Gasteiger partial charge in [0.1, 0.15) is 5.75 Å². The molecule has 0 aliphatic carbocycles. The van der Waals surface area contributed by atoms with Crippen LogP contribution in [0.2, 0.25) is 5.02 Å². The first-order chi connectivity index (χ1) is 9.78. The normalized spacial score (nSPS) is 11.3. The van der Waals surface area contributed by atoms with E-state index in [1.165, 1.54) is 18.2 Å². The third-order valence-corrected chi connectivity index (χ3v) is 3.11. The summed E-state index contributed by atoms with van der Waals surface area (Å²) in [5, 5.41) is -0.575. The van der Waals surface area contributed by atoms with Crippen molar-refractivity contribution in [3.8, 4) is 16.9 Å². The van der Waals surface area contributed by atoms with Crippen LogP contribution in [-0.4, -0.2) is 11.6 Å². The average molecular weight is 335 g/mol. The summed E-state index contributed by atoms with van der Waals surface area (Å²) in [6.45, 7) is 0.